The molecule has 3 rings (SSSR count). The smallest absolute Gasteiger partial charge is 0.249 e. The van der Waals surface area contributed by atoms with Crippen LogP contribution in [-0.4, -0.2) is 27.5 Å². The van der Waals surface area contributed by atoms with Gasteiger partial charge >= 0.3 is 0 Å². The number of hydrogen-bond acceptors (Lipinski definition) is 4. The summed E-state index contributed by atoms with van der Waals surface area (Å²) in [5.41, 5.74) is 0.547. The topological polar surface area (TPSA) is 59.2 Å². The van der Waals surface area contributed by atoms with E-state index in [9.17, 15) is 4.79 Å². The Kier molecular flexibility index (Phi) is 4.36. The summed E-state index contributed by atoms with van der Waals surface area (Å²) >= 11 is 12.3. The Morgan fingerprint density at radius 3 is 2.73 bits per heavy atom. The molecule has 2 heterocycles. The largest absolute Gasteiger partial charge is 0.337 e. The summed E-state index contributed by atoms with van der Waals surface area (Å²) in [7, 11) is 0. The summed E-state index contributed by atoms with van der Waals surface area (Å²) in [4.78, 5) is 18.0. The van der Waals surface area contributed by atoms with Gasteiger partial charge in [0.15, 0.2) is 0 Å². The third-order valence-corrected chi connectivity index (χ3v) is 4.45. The van der Waals surface area contributed by atoms with E-state index >= 15 is 0 Å². The maximum absolute atomic E-state index is 11.8. The Morgan fingerprint density at radius 1 is 1.32 bits per heavy atom. The number of halogens is 2. The summed E-state index contributed by atoms with van der Waals surface area (Å²) in [6.45, 7) is 2.27. The normalized spacial score (nSPS) is 18.5. The number of aromatic nitrogens is 2. The van der Waals surface area contributed by atoms with Crippen LogP contribution >= 0.6 is 23.2 Å². The second-order valence-electron chi connectivity index (χ2n) is 5.28. The fourth-order valence-corrected chi connectivity index (χ4v) is 3.32. The molecule has 1 unspecified atom stereocenters. The van der Waals surface area contributed by atoms with Crippen molar-refractivity contribution in [1.29, 1.82) is 0 Å². The van der Waals surface area contributed by atoms with Crippen LogP contribution in [0.2, 0.25) is 10.0 Å². The van der Waals surface area contributed by atoms with Gasteiger partial charge in [0.05, 0.1) is 15.6 Å². The fraction of sp³-hybridized carbons (Fsp3) is 0.400. The molecule has 0 spiro atoms. The minimum Gasteiger partial charge on any atom is -0.337 e. The highest BCUT2D eigenvalue weighted by atomic mass is 35.5. The van der Waals surface area contributed by atoms with Crippen LogP contribution in [0.5, 0.6) is 0 Å². The zero-order chi connectivity index (χ0) is 15.7. The molecule has 116 valence electrons. The second kappa shape index (κ2) is 6.26. The molecule has 7 heteroatoms. The highest BCUT2D eigenvalue weighted by Crippen LogP contribution is 2.35. The lowest BCUT2D eigenvalue weighted by Gasteiger charge is -2.32. The number of hydrogen-bond donors (Lipinski definition) is 0. The zero-order valence-corrected chi connectivity index (χ0v) is 13.6. The molecule has 1 aliphatic heterocycles. The van der Waals surface area contributed by atoms with Crippen molar-refractivity contribution < 1.29 is 9.32 Å². The molecule has 0 N–H and O–H groups in total. The van der Waals surface area contributed by atoms with Crippen LogP contribution < -0.4 is 0 Å². The van der Waals surface area contributed by atoms with Crippen LogP contribution in [0.3, 0.4) is 0 Å². The maximum Gasteiger partial charge on any atom is 0.249 e. The van der Waals surface area contributed by atoms with Gasteiger partial charge in [-0.1, -0.05) is 34.4 Å². The average Bonchev–Trinajstić information content (AvgIpc) is 2.96. The van der Waals surface area contributed by atoms with Crippen molar-refractivity contribution in [2.45, 2.75) is 32.2 Å². The molecule has 1 aromatic heterocycles. The fourth-order valence-electron chi connectivity index (χ4n) is 2.75. The van der Waals surface area contributed by atoms with Gasteiger partial charge in [0.25, 0.3) is 0 Å². The number of carbonyl (C=O) groups is 1. The number of benzene rings is 1. The van der Waals surface area contributed by atoms with Gasteiger partial charge in [0.2, 0.25) is 17.6 Å². The molecule has 0 aliphatic carbocycles. The summed E-state index contributed by atoms with van der Waals surface area (Å²) in [5.74, 6) is 0.792. The number of piperidine rings is 1. The van der Waals surface area contributed by atoms with E-state index in [0.29, 0.717) is 33.9 Å². The van der Waals surface area contributed by atoms with Crippen molar-refractivity contribution >= 4 is 29.1 Å². The standard InChI is InChI=1S/C15H15Cl2N3O2/c1-9(21)20-8-3-2-7-12(20)15-18-14(19-22-15)13-10(16)5-4-6-11(13)17/h4-6,12H,2-3,7-8H2,1H3. The highest BCUT2D eigenvalue weighted by molar-refractivity contribution is 6.38. The predicted molar refractivity (Wildman–Crippen MR) is 83.7 cm³/mol. The van der Waals surface area contributed by atoms with Crippen LogP contribution in [0, 0.1) is 0 Å². The second-order valence-corrected chi connectivity index (χ2v) is 6.09. The van der Waals surface area contributed by atoms with E-state index in [-0.39, 0.29) is 11.9 Å². The van der Waals surface area contributed by atoms with E-state index in [1.54, 1.807) is 30.0 Å². The van der Waals surface area contributed by atoms with E-state index in [1.165, 1.54) is 0 Å². The lowest BCUT2D eigenvalue weighted by molar-refractivity contribution is -0.133. The molecule has 0 saturated carbocycles. The summed E-state index contributed by atoms with van der Waals surface area (Å²) in [5, 5.41) is 4.91. The van der Waals surface area contributed by atoms with E-state index in [1.807, 2.05) is 0 Å². The van der Waals surface area contributed by atoms with Crippen molar-refractivity contribution in [1.82, 2.24) is 15.0 Å². The van der Waals surface area contributed by atoms with Gasteiger partial charge in [-0.15, -0.1) is 0 Å². The van der Waals surface area contributed by atoms with Crippen molar-refractivity contribution in [3.05, 3.63) is 34.1 Å². The van der Waals surface area contributed by atoms with Gasteiger partial charge in [-0.25, -0.2) is 0 Å². The van der Waals surface area contributed by atoms with Crippen LogP contribution in [0.1, 0.15) is 38.1 Å². The molecule has 1 amide bonds. The van der Waals surface area contributed by atoms with Crippen molar-refractivity contribution in [3.63, 3.8) is 0 Å². The van der Waals surface area contributed by atoms with Crippen LogP contribution in [0.25, 0.3) is 11.4 Å². The first-order valence-corrected chi connectivity index (χ1v) is 7.88. The molecular weight excluding hydrogens is 325 g/mol. The van der Waals surface area contributed by atoms with Gasteiger partial charge in [0.1, 0.15) is 6.04 Å². The number of nitrogens with zero attached hydrogens (tertiary/aromatic N) is 3. The number of rotatable bonds is 2. The number of amides is 1. The Labute approximate surface area is 138 Å². The maximum atomic E-state index is 11.8. The van der Waals surface area contributed by atoms with Crippen molar-refractivity contribution in [2.24, 2.45) is 0 Å². The molecule has 0 bridgehead atoms. The molecular formula is C15H15Cl2N3O2. The SMILES string of the molecule is CC(=O)N1CCCCC1c1nc(-c2c(Cl)cccc2Cl)no1. The van der Waals surface area contributed by atoms with E-state index < -0.39 is 0 Å². The van der Waals surface area contributed by atoms with Crippen molar-refractivity contribution in [2.75, 3.05) is 6.54 Å². The Balaban J connectivity index is 1.95. The van der Waals surface area contributed by atoms with E-state index in [0.717, 1.165) is 19.3 Å². The van der Waals surface area contributed by atoms with Gasteiger partial charge in [0, 0.05) is 13.5 Å². The highest BCUT2D eigenvalue weighted by Gasteiger charge is 2.31. The van der Waals surface area contributed by atoms with E-state index in [2.05, 4.69) is 10.1 Å². The van der Waals surface area contributed by atoms with Gasteiger partial charge in [-0.05, 0) is 31.4 Å². The molecule has 1 saturated heterocycles. The zero-order valence-electron chi connectivity index (χ0n) is 12.1. The molecule has 0 radical (unpaired) electrons. The average molecular weight is 340 g/mol. The summed E-state index contributed by atoms with van der Waals surface area (Å²) in [6, 6.07) is 5.03. The molecule has 5 nitrogen and oxygen atoms in total. The molecule has 2 aromatic rings. The molecule has 1 fully saturated rings. The molecule has 1 aliphatic rings. The monoisotopic (exact) mass is 339 g/mol. The van der Waals surface area contributed by atoms with Crippen molar-refractivity contribution in [3.8, 4) is 11.4 Å². The third-order valence-electron chi connectivity index (χ3n) is 3.82. The van der Waals surface area contributed by atoms with Gasteiger partial charge in [-0.3, -0.25) is 4.79 Å². The van der Waals surface area contributed by atoms with E-state index in [4.69, 9.17) is 27.7 Å². The quantitative estimate of drug-likeness (QED) is 0.825. The Bertz CT molecular complexity index is 682. The Morgan fingerprint density at radius 2 is 2.05 bits per heavy atom. The lowest BCUT2D eigenvalue weighted by Crippen LogP contribution is -2.37. The molecule has 1 aromatic carbocycles. The summed E-state index contributed by atoms with van der Waals surface area (Å²) < 4.78 is 5.38. The Hall–Kier alpha value is -1.59. The first-order valence-electron chi connectivity index (χ1n) is 7.13. The minimum atomic E-state index is -0.172. The minimum absolute atomic E-state index is 0.0141. The number of likely N-dealkylation sites (tertiary alicyclic amines) is 1. The van der Waals surface area contributed by atoms with Crippen LogP contribution in [0.4, 0.5) is 0 Å². The van der Waals surface area contributed by atoms with Crippen LogP contribution in [0.15, 0.2) is 22.7 Å². The first-order chi connectivity index (χ1) is 10.6. The van der Waals surface area contributed by atoms with Crippen LogP contribution in [-0.2, 0) is 4.79 Å². The lowest BCUT2D eigenvalue weighted by atomic mass is 10.0. The first kappa shape index (κ1) is 15.3. The van der Waals surface area contributed by atoms with Gasteiger partial charge in [-0.2, -0.15) is 4.98 Å². The molecule has 22 heavy (non-hydrogen) atoms. The van der Waals surface area contributed by atoms with Gasteiger partial charge < -0.3 is 9.42 Å². The molecule has 1 atom stereocenters. The number of carbonyl (C=O) groups excluding carboxylic acids is 1. The summed E-state index contributed by atoms with van der Waals surface area (Å²) in [6.07, 6.45) is 2.84. The third kappa shape index (κ3) is 2.83. The predicted octanol–water partition coefficient (Wildman–Crippen LogP) is 4.12.